The van der Waals surface area contributed by atoms with Gasteiger partial charge < -0.3 is 10.6 Å². The summed E-state index contributed by atoms with van der Waals surface area (Å²) >= 11 is 0. The summed E-state index contributed by atoms with van der Waals surface area (Å²) in [6.07, 6.45) is 3.53. The quantitative estimate of drug-likeness (QED) is 0.779. The molecule has 1 aromatic heterocycles. The van der Waals surface area contributed by atoms with E-state index in [2.05, 4.69) is 4.98 Å². The molecule has 1 unspecified atom stereocenters. The summed E-state index contributed by atoms with van der Waals surface area (Å²) in [5, 5.41) is 0. The van der Waals surface area contributed by atoms with Gasteiger partial charge in [0.2, 0.25) is 5.91 Å². The lowest BCUT2D eigenvalue weighted by molar-refractivity contribution is -0.141. The number of hydrogen-bond acceptors (Lipinski definition) is 4. The van der Waals surface area contributed by atoms with Crippen LogP contribution in [0.4, 0.5) is 0 Å². The molecule has 0 aliphatic carbocycles. The van der Waals surface area contributed by atoms with Crippen LogP contribution in [0.2, 0.25) is 0 Å². The van der Waals surface area contributed by atoms with Crippen molar-refractivity contribution in [3.8, 4) is 0 Å². The van der Waals surface area contributed by atoms with Crippen molar-refractivity contribution in [1.29, 1.82) is 0 Å². The highest BCUT2D eigenvalue weighted by atomic mass is 16.2. The number of aromatic nitrogens is 1. The second-order valence-corrected chi connectivity index (χ2v) is 4.35. The average molecular weight is 234 g/mol. The monoisotopic (exact) mass is 234 g/mol. The molecule has 17 heavy (non-hydrogen) atoms. The van der Waals surface area contributed by atoms with Crippen LogP contribution < -0.4 is 5.73 Å². The van der Waals surface area contributed by atoms with E-state index in [9.17, 15) is 4.79 Å². The van der Waals surface area contributed by atoms with Gasteiger partial charge in [0.15, 0.2) is 0 Å². The Labute approximate surface area is 101 Å². The van der Waals surface area contributed by atoms with Gasteiger partial charge in [0.1, 0.15) is 6.04 Å². The molecule has 1 fully saturated rings. The fraction of sp³-hybridized carbons (Fsp3) is 0.500. The Balaban J connectivity index is 2.05. The van der Waals surface area contributed by atoms with Crippen molar-refractivity contribution in [3.63, 3.8) is 0 Å². The van der Waals surface area contributed by atoms with Crippen molar-refractivity contribution >= 4 is 5.91 Å². The Morgan fingerprint density at radius 1 is 1.53 bits per heavy atom. The van der Waals surface area contributed by atoms with Gasteiger partial charge in [-0.1, -0.05) is 6.07 Å². The molecule has 2 rings (SSSR count). The van der Waals surface area contributed by atoms with Gasteiger partial charge in [-0.05, 0) is 18.7 Å². The predicted octanol–water partition coefficient (Wildman–Crippen LogP) is -0.317. The molecule has 0 bridgehead atoms. The van der Waals surface area contributed by atoms with Crippen LogP contribution >= 0.6 is 0 Å². The van der Waals surface area contributed by atoms with Crippen LogP contribution in [0.25, 0.3) is 0 Å². The van der Waals surface area contributed by atoms with Gasteiger partial charge in [-0.25, -0.2) is 0 Å². The molecule has 0 spiro atoms. The minimum absolute atomic E-state index is 0.116. The number of nitrogens with zero attached hydrogens (tertiary/aromatic N) is 3. The lowest BCUT2D eigenvalue weighted by Crippen LogP contribution is -2.57. The maximum atomic E-state index is 12.2. The third kappa shape index (κ3) is 2.62. The maximum absolute atomic E-state index is 12.2. The number of amides is 1. The summed E-state index contributed by atoms with van der Waals surface area (Å²) in [4.78, 5) is 20.1. The van der Waals surface area contributed by atoms with E-state index in [-0.39, 0.29) is 11.9 Å². The molecule has 1 atom stereocenters. The molecule has 1 saturated heterocycles. The van der Waals surface area contributed by atoms with Gasteiger partial charge >= 0.3 is 0 Å². The molecule has 1 aliphatic heterocycles. The number of likely N-dealkylation sites (N-methyl/N-ethyl adjacent to an activating group) is 1. The summed E-state index contributed by atoms with van der Waals surface area (Å²) in [6.45, 7) is 2.62. The highest BCUT2D eigenvalue weighted by Crippen LogP contribution is 2.12. The van der Waals surface area contributed by atoms with Crippen LogP contribution in [0, 0.1) is 0 Å². The van der Waals surface area contributed by atoms with Gasteiger partial charge in [0, 0.05) is 38.6 Å². The summed E-state index contributed by atoms with van der Waals surface area (Å²) in [5.74, 6) is 0.116. The molecule has 1 amide bonds. The second kappa shape index (κ2) is 5.25. The van der Waals surface area contributed by atoms with Crippen molar-refractivity contribution in [2.75, 3.05) is 26.7 Å². The standard InChI is InChI=1S/C12H18N4O/c1-15-5-6-16(12(17)11(15)7-13)9-10-3-2-4-14-8-10/h2-4,8,11H,5-7,9,13H2,1H3. The number of carbonyl (C=O) groups is 1. The lowest BCUT2D eigenvalue weighted by Gasteiger charge is -2.38. The zero-order chi connectivity index (χ0) is 12.3. The molecule has 92 valence electrons. The first-order valence-corrected chi connectivity index (χ1v) is 5.80. The van der Waals surface area contributed by atoms with E-state index >= 15 is 0 Å². The molecular weight excluding hydrogens is 216 g/mol. The minimum Gasteiger partial charge on any atom is -0.336 e. The van der Waals surface area contributed by atoms with E-state index < -0.39 is 0 Å². The molecule has 1 aromatic rings. The fourth-order valence-corrected chi connectivity index (χ4v) is 2.09. The Bertz CT molecular complexity index is 381. The summed E-state index contributed by atoms with van der Waals surface area (Å²) in [7, 11) is 1.94. The third-order valence-corrected chi connectivity index (χ3v) is 3.17. The van der Waals surface area contributed by atoms with E-state index in [1.807, 2.05) is 29.0 Å². The molecule has 5 heteroatoms. The second-order valence-electron chi connectivity index (χ2n) is 4.35. The van der Waals surface area contributed by atoms with E-state index in [1.165, 1.54) is 0 Å². The van der Waals surface area contributed by atoms with Crippen molar-refractivity contribution in [2.45, 2.75) is 12.6 Å². The smallest absolute Gasteiger partial charge is 0.241 e. The molecule has 5 nitrogen and oxygen atoms in total. The molecule has 1 aliphatic rings. The molecule has 0 saturated carbocycles. The molecule has 0 aromatic carbocycles. The number of hydrogen-bond donors (Lipinski definition) is 1. The first-order valence-electron chi connectivity index (χ1n) is 5.80. The summed E-state index contributed by atoms with van der Waals surface area (Å²) in [6, 6.07) is 3.69. The molecule has 2 heterocycles. The highest BCUT2D eigenvalue weighted by Gasteiger charge is 2.31. The van der Waals surface area contributed by atoms with E-state index in [1.54, 1.807) is 12.4 Å². The largest absolute Gasteiger partial charge is 0.336 e. The van der Waals surface area contributed by atoms with E-state index in [4.69, 9.17) is 5.73 Å². The van der Waals surface area contributed by atoms with Crippen molar-refractivity contribution in [1.82, 2.24) is 14.8 Å². The topological polar surface area (TPSA) is 62.5 Å². The number of pyridine rings is 1. The predicted molar refractivity (Wildman–Crippen MR) is 65.1 cm³/mol. The Morgan fingerprint density at radius 3 is 3.00 bits per heavy atom. The number of rotatable bonds is 3. The van der Waals surface area contributed by atoms with Crippen LogP contribution in [-0.2, 0) is 11.3 Å². The van der Waals surface area contributed by atoms with Crippen molar-refractivity contribution in [2.24, 2.45) is 5.73 Å². The van der Waals surface area contributed by atoms with Gasteiger partial charge in [0.05, 0.1) is 0 Å². The molecule has 2 N–H and O–H groups in total. The van der Waals surface area contributed by atoms with Gasteiger partial charge in [-0.3, -0.25) is 14.7 Å². The first kappa shape index (κ1) is 12.0. The maximum Gasteiger partial charge on any atom is 0.241 e. The number of piperazine rings is 1. The van der Waals surface area contributed by atoms with Crippen LogP contribution in [0.5, 0.6) is 0 Å². The zero-order valence-corrected chi connectivity index (χ0v) is 10.0. The van der Waals surface area contributed by atoms with E-state index in [0.717, 1.165) is 18.7 Å². The molecular formula is C12H18N4O. The summed E-state index contributed by atoms with van der Waals surface area (Å²) < 4.78 is 0. The summed E-state index contributed by atoms with van der Waals surface area (Å²) in [5.41, 5.74) is 6.69. The van der Waals surface area contributed by atoms with Crippen molar-refractivity contribution in [3.05, 3.63) is 30.1 Å². The Hall–Kier alpha value is -1.46. The van der Waals surface area contributed by atoms with Gasteiger partial charge in [-0.15, -0.1) is 0 Å². The van der Waals surface area contributed by atoms with Crippen LogP contribution in [0.3, 0.4) is 0 Å². The normalized spacial score (nSPS) is 21.9. The number of nitrogens with two attached hydrogens (primary N) is 1. The lowest BCUT2D eigenvalue weighted by atomic mass is 10.1. The first-order chi connectivity index (χ1) is 8.22. The van der Waals surface area contributed by atoms with Crippen molar-refractivity contribution < 1.29 is 4.79 Å². The van der Waals surface area contributed by atoms with E-state index in [0.29, 0.717) is 13.1 Å². The SMILES string of the molecule is CN1CCN(Cc2cccnc2)C(=O)C1CN. The fourth-order valence-electron chi connectivity index (χ4n) is 2.09. The Kier molecular flexibility index (Phi) is 3.71. The van der Waals surface area contributed by atoms with Gasteiger partial charge in [-0.2, -0.15) is 0 Å². The highest BCUT2D eigenvalue weighted by molar-refractivity contribution is 5.82. The number of carbonyl (C=O) groups excluding carboxylic acids is 1. The van der Waals surface area contributed by atoms with Crippen LogP contribution in [0.15, 0.2) is 24.5 Å². The van der Waals surface area contributed by atoms with Crippen LogP contribution in [0.1, 0.15) is 5.56 Å². The Morgan fingerprint density at radius 2 is 2.35 bits per heavy atom. The van der Waals surface area contributed by atoms with Gasteiger partial charge in [0.25, 0.3) is 0 Å². The zero-order valence-electron chi connectivity index (χ0n) is 10.0. The minimum atomic E-state index is -0.180. The average Bonchev–Trinajstić information content (AvgIpc) is 2.35. The van der Waals surface area contributed by atoms with Crippen LogP contribution in [-0.4, -0.2) is 53.4 Å². The molecule has 0 radical (unpaired) electrons. The third-order valence-electron chi connectivity index (χ3n) is 3.17.